The largest absolute Gasteiger partial charge is 0.397 e. The van der Waals surface area contributed by atoms with Crippen LogP contribution in [0.1, 0.15) is 0 Å². The molecule has 6 heteroatoms. The van der Waals surface area contributed by atoms with Crippen LogP contribution in [0.25, 0.3) is 0 Å². The highest BCUT2D eigenvalue weighted by atomic mass is 19.3. The van der Waals surface area contributed by atoms with Crippen LogP contribution in [-0.4, -0.2) is 24.2 Å². The van der Waals surface area contributed by atoms with Crippen LogP contribution in [0, 0.1) is 0 Å². The fourth-order valence-corrected chi connectivity index (χ4v) is 0.996. The molecule has 4 nitrogen and oxygen atoms in total. The van der Waals surface area contributed by atoms with Gasteiger partial charge in [-0.2, -0.15) is 0 Å². The van der Waals surface area contributed by atoms with Gasteiger partial charge in [0.2, 0.25) is 0 Å². The molecule has 0 bridgehead atoms. The summed E-state index contributed by atoms with van der Waals surface area (Å²) in [6, 6.07) is 4.68. The molecule has 1 unspecified atom stereocenters. The first-order valence-corrected chi connectivity index (χ1v) is 4.36. The van der Waals surface area contributed by atoms with Gasteiger partial charge in [0.05, 0.1) is 11.4 Å². The second-order valence-electron chi connectivity index (χ2n) is 3.13. The lowest BCUT2D eigenvalue weighted by Crippen LogP contribution is -2.26. The van der Waals surface area contributed by atoms with E-state index in [0.717, 1.165) is 0 Å². The standard InChI is InChI=1S/C9H13F2N3O/c10-9(11)8(15)4-14-5-1-2-6(12)7(13)3-5/h1-3,8-9,14-15H,4,12-13H2. The molecule has 0 radical (unpaired) electrons. The molecule has 0 fully saturated rings. The van der Waals surface area contributed by atoms with Gasteiger partial charge < -0.3 is 21.9 Å². The Labute approximate surface area is 85.9 Å². The number of hydrogen-bond acceptors (Lipinski definition) is 4. The van der Waals surface area contributed by atoms with Crippen molar-refractivity contribution in [2.75, 3.05) is 23.3 Å². The Bertz CT molecular complexity index is 333. The second kappa shape index (κ2) is 4.79. The Morgan fingerprint density at radius 1 is 1.27 bits per heavy atom. The number of halogens is 2. The SMILES string of the molecule is Nc1ccc(NCC(O)C(F)F)cc1N. The highest BCUT2D eigenvalue weighted by Crippen LogP contribution is 2.19. The Kier molecular flexibility index (Phi) is 3.68. The molecule has 0 aliphatic rings. The molecule has 0 heterocycles. The third-order valence-electron chi connectivity index (χ3n) is 1.89. The van der Waals surface area contributed by atoms with E-state index in [9.17, 15) is 8.78 Å². The molecule has 0 spiro atoms. The molecule has 1 rings (SSSR count). The molecular formula is C9H13F2N3O. The zero-order chi connectivity index (χ0) is 11.4. The van der Waals surface area contributed by atoms with Crippen LogP contribution < -0.4 is 16.8 Å². The number of aliphatic hydroxyl groups is 1. The summed E-state index contributed by atoms with van der Waals surface area (Å²) in [5.41, 5.74) is 12.3. The van der Waals surface area contributed by atoms with Crippen molar-refractivity contribution in [3.8, 4) is 0 Å². The number of hydrogen-bond donors (Lipinski definition) is 4. The molecule has 0 aliphatic carbocycles. The summed E-state index contributed by atoms with van der Waals surface area (Å²) in [7, 11) is 0. The van der Waals surface area contributed by atoms with Crippen LogP contribution in [0.2, 0.25) is 0 Å². The lowest BCUT2D eigenvalue weighted by molar-refractivity contribution is 0.00385. The number of rotatable bonds is 4. The number of anilines is 3. The van der Waals surface area contributed by atoms with E-state index in [-0.39, 0.29) is 6.54 Å². The van der Waals surface area contributed by atoms with Crippen LogP contribution >= 0.6 is 0 Å². The monoisotopic (exact) mass is 217 g/mol. The van der Waals surface area contributed by atoms with Crippen molar-refractivity contribution in [2.45, 2.75) is 12.5 Å². The average Bonchev–Trinajstić information content (AvgIpc) is 2.19. The molecule has 0 saturated heterocycles. The molecule has 0 amide bonds. The minimum atomic E-state index is -2.76. The summed E-state index contributed by atoms with van der Waals surface area (Å²) >= 11 is 0. The van der Waals surface area contributed by atoms with Crippen LogP contribution in [0.15, 0.2) is 18.2 Å². The lowest BCUT2D eigenvalue weighted by atomic mass is 10.2. The van der Waals surface area contributed by atoms with E-state index in [1.54, 1.807) is 12.1 Å². The molecule has 0 aromatic heterocycles. The van der Waals surface area contributed by atoms with Crippen molar-refractivity contribution >= 4 is 17.1 Å². The first-order valence-electron chi connectivity index (χ1n) is 4.36. The molecule has 15 heavy (non-hydrogen) atoms. The van der Waals surface area contributed by atoms with Crippen LogP contribution in [0.3, 0.4) is 0 Å². The van der Waals surface area contributed by atoms with Gasteiger partial charge >= 0.3 is 0 Å². The summed E-state index contributed by atoms with van der Waals surface area (Å²) in [6.07, 6.45) is -4.45. The van der Waals surface area contributed by atoms with Gasteiger partial charge in [0, 0.05) is 12.2 Å². The quantitative estimate of drug-likeness (QED) is 0.564. The van der Waals surface area contributed by atoms with E-state index in [2.05, 4.69) is 5.32 Å². The number of nitrogen functional groups attached to an aromatic ring is 2. The number of nitrogens with two attached hydrogens (primary N) is 2. The number of aliphatic hydroxyl groups excluding tert-OH is 1. The number of alkyl halides is 2. The van der Waals surface area contributed by atoms with Crippen molar-refractivity contribution in [1.82, 2.24) is 0 Å². The minimum absolute atomic E-state index is 0.235. The van der Waals surface area contributed by atoms with Gasteiger partial charge in [0.25, 0.3) is 6.43 Å². The fraction of sp³-hybridized carbons (Fsp3) is 0.333. The molecule has 6 N–H and O–H groups in total. The van der Waals surface area contributed by atoms with Gasteiger partial charge in [-0.15, -0.1) is 0 Å². The van der Waals surface area contributed by atoms with Crippen molar-refractivity contribution in [3.05, 3.63) is 18.2 Å². The molecule has 0 aliphatic heterocycles. The van der Waals surface area contributed by atoms with Crippen LogP contribution in [0.4, 0.5) is 25.8 Å². The summed E-state index contributed by atoms with van der Waals surface area (Å²) < 4.78 is 23.9. The summed E-state index contributed by atoms with van der Waals surface area (Å²) in [5, 5.41) is 11.5. The van der Waals surface area contributed by atoms with E-state index in [1.807, 2.05) is 0 Å². The zero-order valence-corrected chi connectivity index (χ0v) is 7.95. The molecule has 1 aromatic rings. The minimum Gasteiger partial charge on any atom is -0.397 e. The topological polar surface area (TPSA) is 84.3 Å². The predicted molar refractivity (Wildman–Crippen MR) is 55.8 cm³/mol. The van der Waals surface area contributed by atoms with E-state index in [0.29, 0.717) is 17.1 Å². The third-order valence-corrected chi connectivity index (χ3v) is 1.89. The Morgan fingerprint density at radius 2 is 1.93 bits per heavy atom. The molecular weight excluding hydrogens is 204 g/mol. The normalized spacial score (nSPS) is 12.8. The third kappa shape index (κ3) is 3.25. The highest BCUT2D eigenvalue weighted by Gasteiger charge is 2.15. The van der Waals surface area contributed by atoms with Gasteiger partial charge in [-0.3, -0.25) is 0 Å². The maximum atomic E-state index is 11.9. The van der Waals surface area contributed by atoms with Crippen molar-refractivity contribution in [1.29, 1.82) is 0 Å². The molecule has 84 valence electrons. The molecule has 1 atom stereocenters. The van der Waals surface area contributed by atoms with Crippen molar-refractivity contribution in [3.63, 3.8) is 0 Å². The summed E-state index contributed by atoms with van der Waals surface area (Å²) in [4.78, 5) is 0. The predicted octanol–water partition coefficient (Wildman–Crippen LogP) is 0.889. The van der Waals surface area contributed by atoms with E-state index >= 15 is 0 Å². The van der Waals surface area contributed by atoms with Gasteiger partial charge in [0.15, 0.2) is 0 Å². The Morgan fingerprint density at radius 3 is 2.47 bits per heavy atom. The van der Waals surface area contributed by atoms with Crippen molar-refractivity contribution < 1.29 is 13.9 Å². The van der Waals surface area contributed by atoms with Gasteiger partial charge in [-0.05, 0) is 18.2 Å². The second-order valence-corrected chi connectivity index (χ2v) is 3.13. The van der Waals surface area contributed by atoms with Crippen LogP contribution in [0.5, 0.6) is 0 Å². The maximum absolute atomic E-state index is 11.9. The first kappa shape index (κ1) is 11.5. The lowest BCUT2D eigenvalue weighted by Gasteiger charge is -2.12. The Hall–Kier alpha value is -1.56. The number of nitrogens with one attached hydrogen (secondary N) is 1. The van der Waals surface area contributed by atoms with E-state index < -0.39 is 12.5 Å². The smallest absolute Gasteiger partial charge is 0.265 e. The first-order chi connectivity index (χ1) is 7.00. The molecule has 1 aromatic carbocycles. The van der Waals surface area contributed by atoms with E-state index in [4.69, 9.17) is 16.6 Å². The Balaban J connectivity index is 2.55. The highest BCUT2D eigenvalue weighted by molar-refractivity contribution is 5.69. The fourth-order valence-electron chi connectivity index (χ4n) is 0.996. The maximum Gasteiger partial charge on any atom is 0.265 e. The number of benzene rings is 1. The van der Waals surface area contributed by atoms with Crippen LogP contribution in [-0.2, 0) is 0 Å². The summed E-state index contributed by atoms with van der Waals surface area (Å²) in [5.74, 6) is 0. The van der Waals surface area contributed by atoms with Crippen molar-refractivity contribution in [2.24, 2.45) is 0 Å². The van der Waals surface area contributed by atoms with Gasteiger partial charge in [-0.25, -0.2) is 8.78 Å². The van der Waals surface area contributed by atoms with Gasteiger partial charge in [-0.1, -0.05) is 0 Å². The van der Waals surface area contributed by atoms with E-state index in [1.165, 1.54) is 6.07 Å². The summed E-state index contributed by atoms with van der Waals surface area (Å²) in [6.45, 7) is -0.235. The zero-order valence-electron chi connectivity index (χ0n) is 7.95. The molecule has 0 saturated carbocycles. The van der Waals surface area contributed by atoms with Gasteiger partial charge in [0.1, 0.15) is 6.10 Å². The average molecular weight is 217 g/mol.